The topological polar surface area (TPSA) is 93.1 Å². The number of hydrogen-bond acceptors (Lipinski definition) is 6. The molecular formula is C13H22O6. The predicted octanol–water partition coefficient (Wildman–Crippen LogP) is 0.584. The van der Waals surface area contributed by atoms with E-state index < -0.39 is 18.0 Å². The molecule has 0 fully saturated rings. The summed E-state index contributed by atoms with van der Waals surface area (Å²) < 4.78 is 9.70. The fraction of sp³-hybridized carbons (Fsp3) is 0.538. The molecule has 6 heteroatoms. The van der Waals surface area contributed by atoms with Crippen LogP contribution in [0.4, 0.5) is 0 Å². The van der Waals surface area contributed by atoms with Gasteiger partial charge in [0.25, 0.3) is 0 Å². The van der Waals surface area contributed by atoms with Crippen molar-refractivity contribution in [2.75, 3.05) is 19.8 Å². The van der Waals surface area contributed by atoms with Crippen LogP contribution in [0.5, 0.6) is 0 Å². The summed E-state index contributed by atoms with van der Waals surface area (Å²) in [4.78, 5) is 22.0. The molecule has 0 aromatic carbocycles. The van der Waals surface area contributed by atoms with Crippen LogP contribution in [0.1, 0.15) is 20.8 Å². The van der Waals surface area contributed by atoms with Crippen LogP contribution in [0.3, 0.4) is 0 Å². The van der Waals surface area contributed by atoms with E-state index in [1.54, 1.807) is 20.8 Å². The lowest BCUT2D eigenvalue weighted by Crippen LogP contribution is -2.22. The lowest BCUT2D eigenvalue weighted by Gasteiger charge is -2.13. The Kier molecular flexibility index (Phi) is 11.8. The lowest BCUT2D eigenvalue weighted by molar-refractivity contribution is -0.152. The molecule has 0 aliphatic rings. The third kappa shape index (κ3) is 12.6. The molecule has 0 amide bonds. The molecule has 6 nitrogen and oxygen atoms in total. The van der Waals surface area contributed by atoms with Crippen LogP contribution in [0.15, 0.2) is 24.3 Å². The minimum atomic E-state index is -0.492. The molecule has 0 aromatic heterocycles. The second-order valence-corrected chi connectivity index (χ2v) is 3.82. The first kappa shape index (κ1) is 19.7. The maximum Gasteiger partial charge on any atom is 0.333 e. The average Bonchev–Trinajstić information content (AvgIpc) is 2.35. The Morgan fingerprint density at radius 1 is 1.05 bits per heavy atom. The highest BCUT2D eigenvalue weighted by Crippen LogP contribution is 2.00. The van der Waals surface area contributed by atoms with Gasteiger partial charge in [-0.3, -0.25) is 0 Å². The van der Waals surface area contributed by atoms with E-state index in [1.807, 2.05) is 0 Å². The van der Waals surface area contributed by atoms with Crippen LogP contribution in [-0.2, 0) is 19.1 Å². The molecule has 0 radical (unpaired) electrons. The van der Waals surface area contributed by atoms with Crippen molar-refractivity contribution in [3.63, 3.8) is 0 Å². The summed E-state index contributed by atoms with van der Waals surface area (Å²) in [7, 11) is 0. The monoisotopic (exact) mass is 274 g/mol. The Morgan fingerprint density at radius 3 is 1.79 bits per heavy atom. The zero-order valence-corrected chi connectivity index (χ0v) is 11.6. The van der Waals surface area contributed by atoms with E-state index >= 15 is 0 Å². The number of ether oxygens (including phenoxy) is 2. The summed E-state index contributed by atoms with van der Waals surface area (Å²) >= 11 is 0. The molecule has 0 saturated carbocycles. The molecule has 0 rings (SSSR count). The van der Waals surface area contributed by atoms with E-state index in [4.69, 9.17) is 19.7 Å². The van der Waals surface area contributed by atoms with Gasteiger partial charge in [0.1, 0.15) is 12.7 Å². The van der Waals surface area contributed by atoms with Crippen LogP contribution in [-0.4, -0.2) is 48.1 Å². The maximum atomic E-state index is 11.1. The lowest BCUT2D eigenvalue weighted by atomic mass is 10.3. The molecular weight excluding hydrogens is 252 g/mol. The Hall–Kier alpha value is -1.66. The van der Waals surface area contributed by atoms with Crippen molar-refractivity contribution in [1.82, 2.24) is 0 Å². The van der Waals surface area contributed by atoms with Gasteiger partial charge >= 0.3 is 11.9 Å². The number of carbonyl (C=O) groups excluding carboxylic acids is 2. The van der Waals surface area contributed by atoms with Gasteiger partial charge in [-0.25, -0.2) is 9.59 Å². The normalized spacial score (nSPS) is 10.6. The molecule has 0 spiro atoms. The van der Waals surface area contributed by atoms with E-state index in [2.05, 4.69) is 13.2 Å². The van der Waals surface area contributed by atoms with Crippen LogP contribution < -0.4 is 0 Å². The third-order valence-corrected chi connectivity index (χ3v) is 1.55. The van der Waals surface area contributed by atoms with E-state index in [0.717, 1.165) is 0 Å². The van der Waals surface area contributed by atoms with Crippen LogP contribution in [0, 0.1) is 0 Å². The number of carbonyl (C=O) groups is 2. The number of aliphatic hydroxyl groups excluding tert-OH is 2. The highest BCUT2D eigenvalue weighted by atomic mass is 16.6. The van der Waals surface area contributed by atoms with Gasteiger partial charge in [-0.05, 0) is 20.8 Å². The number of hydrogen-bond donors (Lipinski definition) is 2. The van der Waals surface area contributed by atoms with E-state index in [0.29, 0.717) is 11.1 Å². The van der Waals surface area contributed by atoms with E-state index in [9.17, 15) is 9.59 Å². The summed E-state index contributed by atoms with van der Waals surface area (Å²) in [5.41, 5.74) is 0.626. The van der Waals surface area contributed by atoms with E-state index in [-0.39, 0.29) is 19.8 Å². The highest BCUT2D eigenvalue weighted by Gasteiger charge is 2.12. The van der Waals surface area contributed by atoms with Crippen LogP contribution in [0.2, 0.25) is 0 Å². The van der Waals surface area contributed by atoms with Gasteiger partial charge in [0.2, 0.25) is 0 Å². The maximum absolute atomic E-state index is 11.1. The summed E-state index contributed by atoms with van der Waals surface area (Å²) in [5, 5.41) is 15.2. The zero-order chi connectivity index (χ0) is 15.4. The van der Waals surface area contributed by atoms with Gasteiger partial charge in [-0.1, -0.05) is 13.2 Å². The van der Waals surface area contributed by atoms with E-state index in [1.165, 1.54) is 0 Å². The Balaban J connectivity index is 0. The van der Waals surface area contributed by atoms with Crippen molar-refractivity contribution in [1.29, 1.82) is 0 Å². The van der Waals surface area contributed by atoms with Gasteiger partial charge in [0.15, 0.2) is 0 Å². The van der Waals surface area contributed by atoms with Crippen molar-refractivity contribution < 1.29 is 29.3 Å². The van der Waals surface area contributed by atoms with Crippen molar-refractivity contribution >= 4 is 11.9 Å². The fourth-order valence-corrected chi connectivity index (χ4v) is 0.634. The molecule has 0 aliphatic heterocycles. The minimum absolute atomic E-state index is 0.0186. The molecule has 110 valence electrons. The minimum Gasteiger partial charge on any atom is -0.458 e. The highest BCUT2D eigenvalue weighted by molar-refractivity contribution is 5.87. The van der Waals surface area contributed by atoms with Gasteiger partial charge in [0, 0.05) is 11.1 Å². The standard InChI is InChI=1S/C11H16O4.C2H6O2/c1-7(2)10(12)14-6-9(5)15-11(13)8(3)4;3-1-2-4/h9H,1,3,6H2,2,4-5H3;3-4H,1-2H2. The average molecular weight is 274 g/mol. The molecule has 0 heterocycles. The first-order valence-corrected chi connectivity index (χ1v) is 5.67. The first-order valence-electron chi connectivity index (χ1n) is 5.67. The molecule has 0 bridgehead atoms. The Bertz CT molecular complexity index is 319. The molecule has 1 atom stereocenters. The van der Waals surface area contributed by atoms with Crippen LogP contribution in [0.25, 0.3) is 0 Å². The van der Waals surface area contributed by atoms with Gasteiger partial charge in [-0.15, -0.1) is 0 Å². The van der Waals surface area contributed by atoms with Crippen LogP contribution >= 0.6 is 0 Å². The molecule has 1 unspecified atom stereocenters. The van der Waals surface area contributed by atoms with Gasteiger partial charge in [0.05, 0.1) is 13.2 Å². The quantitative estimate of drug-likeness (QED) is 0.544. The largest absolute Gasteiger partial charge is 0.458 e. The molecule has 0 saturated heterocycles. The Morgan fingerprint density at radius 2 is 1.47 bits per heavy atom. The summed E-state index contributed by atoms with van der Waals surface area (Å²) in [6.45, 7) is 11.4. The Labute approximate surface area is 113 Å². The van der Waals surface area contributed by atoms with Gasteiger partial charge in [-0.2, -0.15) is 0 Å². The zero-order valence-electron chi connectivity index (χ0n) is 11.6. The van der Waals surface area contributed by atoms with Crippen molar-refractivity contribution in [3.8, 4) is 0 Å². The smallest absolute Gasteiger partial charge is 0.333 e. The summed E-state index contributed by atoms with van der Waals surface area (Å²) in [6.07, 6.45) is -0.488. The SMILES string of the molecule is C=C(C)C(=O)OCC(C)OC(=O)C(=C)C.OCCO. The predicted molar refractivity (Wildman–Crippen MR) is 70.3 cm³/mol. The number of rotatable bonds is 6. The summed E-state index contributed by atoms with van der Waals surface area (Å²) in [5.74, 6) is -0.984. The molecule has 2 N–H and O–H groups in total. The van der Waals surface area contributed by atoms with Crippen molar-refractivity contribution in [2.45, 2.75) is 26.9 Å². The van der Waals surface area contributed by atoms with Gasteiger partial charge < -0.3 is 19.7 Å². The third-order valence-electron chi connectivity index (χ3n) is 1.55. The molecule has 0 aromatic rings. The number of esters is 2. The molecule has 0 aliphatic carbocycles. The second kappa shape index (κ2) is 11.4. The summed E-state index contributed by atoms with van der Waals surface area (Å²) in [6, 6.07) is 0. The fourth-order valence-electron chi connectivity index (χ4n) is 0.634. The first-order chi connectivity index (χ1) is 8.76. The number of aliphatic hydroxyl groups is 2. The molecule has 19 heavy (non-hydrogen) atoms. The van der Waals surface area contributed by atoms with Crippen molar-refractivity contribution in [2.24, 2.45) is 0 Å². The second-order valence-electron chi connectivity index (χ2n) is 3.82. The van der Waals surface area contributed by atoms with Crippen molar-refractivity contribution in [3.05, 3.63) is 24.3 Å².